The molecule has 2 heterocycles. The summed E-state index contributed by atoms with van der Waals surface area (Å²) >= 11 is 0. The van der Waals surface area contributed by atoms with Gasteiger partial charge in [-0.2, -0.15) is 0 Å². The molecule has 3 fully saturated rings. The number of aliphatic hydroxyl groups is 1. The van der Waals surface area contributed by atoms with Crippen LogP contribution in [0.2, 0.25) is 0 Å². The molecule has 1 unspecified atom stereocenters. The summed E-state index contributed by atoms with van der Waals surface area (Å²) in [7, 11) is 0. The minimum absolute atomic E-state index is 0.302. The first-order valence-corrected chi connectivity index (χ1v) is 6.83. The van der Waals surface area contributed by atoms with Crippen molar-refractivity contribution in [2.45, 2.75) is 50.2 Å². The van der Waals surface area contributed by atoms with Crippen molar-refractivity contribution in [2.75, 3.05) is 26.2 Å². The molecule has 0 amide bonds. The molecule has 2 saturated heterocycles. The summed E-state index contributed by atoms with van der Waals surface area (Å²) in [6.45, 7) is 3.96. The Balaban J connectivity index is 1.29. The van der Waals surface area contributed by atoms with Gasteiger partial charge >= 0.3 is 0 Å². The van der Waals surface area contributed by atoms with Crippen molar-refractivity contribution >= 4 is 0 Å². The number of hydrogen-bond donors (Lipinski definition) is 1. The monoisotopic (exact) mass is 225 g/mol. The fraction of sp³-hybridized carbons (Fsp3) is 1.00. The predicted octanol–water partition coefficient (Wildman–Crippen LogP) is 1.40. The van der Waals surface area contributed by atoms with Crippen LogP contribution in [0.15, 0.2) is 0 Å². The number of β-amino-alcohol motifs (C(OH)–C–C–N with tert-alkyl or cyclic N) is 1. The minimum atomic E-state index is -0.302. The van der Waals surface area contributed by atoms with Crippen molar-refractivity contribution in [3.63, 3.8) is 0 Å². The van der Waals surface area contributed by atoms with Gasteiger partial charge in [-0.15, -0.1) is 0 Å². The number of nitrogens with zero attached hydrogens (tertiary/aromatic N) is 1. The van der Waals surface area contributed by atoms with Gasteiger partial charge in [0.05, 0.1) is 11.7 Å². The van der Waals surface area contributed by atoms with Crippen LogP contribution in [0.4, 0.5) is 0 Å². The number of ether oxygens (including phenoxy) is 1. The Hall–Kier alpha value is -0.120. The third kappa shape index (κ3) is 2.27. The highest BCUT2D eigenvalue weighted by molar-refractivity contribution is 5.05. The number of rotatable bonds is 5. The van der Waals surface area contributed by atoms with Crippen molar-refractivity contribution < 1.29 is 9.84 Å². The quantitative estimate of drug-likeness (QED) is 0.767. The minimum Gasteiger partial charge on any atom is -0.387 e. The molecule has 3 nitrogen and oxygen atoms in total. The molecule has 1 aliphatic carbocycles. The van der Waals surface area contributed by atoms with Crippen LogP contribution < -0.4 is 0 Å². The molecule has 3 aliphatic rings. The molecule has 16 heavy (non-hydrogen) atoms. The molecule has 92 valence electrons. The molecule has 0 bridgehead atoms. The largest absolute Gasteiger partial charge is 0.387 e. The van der Waals surface area contributed by atoms with Gasteiger partial charge in [0.25, 0.3) is 0 Å². The van der Waals surface area contributed by atoms with E-state index in [9.17, 15) is 5.11 Å². The van der Waals surface area contributed by atoms with Crippen molar-refractivity contribution in [1.82, 2.24) is 4.90 Å². The molecular formula is C13H23NO2. The summed E-state index contributed by atoms with van der Waals surface area (Å²) in [5.74, 6) is 0.627. The van der Waals surface area contributed by atoms with E-state index in [-0.39, 0.29) is 5.60 Å². The van der Waals surface area contributed by atoms with Gasteiger partial charge in [-0.1, -0.05) is 0 Å². The molecule has 1 N–H and O–H groups in total. The highest BCUT2D eigenvalue weighted by Gasteiger charge is 2.51. The third-order valence-corrected chi connectivity index (χ3v) is 4.36. The summed E-state index contributed by atoms with van der Waals surface area (Å²) in [6, 6.07) is 0. The maximum absolute atomic E-state index is 10.2. The summed E-state index contributed by atoms with van der Waals surface area (Å²) in [6.07, 6.45) is 7.97. The van der Waals surface area contributed by atoms with Crippen LogP contribution in [0.25, 0.3) is 0 Å². The van der Waals surface area contributed by atoms with E-state index in [2.05, 4.69) is 4.90 Å². The molecule has 0 aromatic carbocycles. The molecule has 0 radical (unpaired) electrons. The lowest BCUT2D eigenvalue weighted by molar-refractivity contribution is -0.113. The smallest absolute Gasteiger partial charge is 0.0928 e. The second kappa shape index (κ2) is 4.28. The lowest BCUT2D eigenvalue weighted by Crippen LogP contribution is -2.63. The molecule has 0 aromatic rings. The van der Waals surface area contributed by atoms with E-state index in [0.29, 0.717) is 12.0 Å². The van der Waals surface area contributed by atoms with Gasteiger partial charge in [0.1, 0.15) is 0 Å². The second-order valence-electron chi connectivity index (χ2n) is 5.87. The fourth-order valence-corrected chi connectivity index (χ4v) is 3.18. The highest BCUT2D eigenvalue weighted by atomic mass is 16.5. The Bertz CT molecular complexity index is 240. The standard InChI is InChI=1S/C13H23NO2/c15-13(11-5-6-11)9-14(10-13)7-1-3-12-4-2-8-16-12/h11-12,15H,1-10H2. The summed E-state index contributed by atoms with van der Waals surface area (Å²) in [5.41, 5.74) is -0.302. The Morgan fingerprint density at radius 1 is 1.25 bits per heavy atom. The molecule has 3 heteroatoms. The van der Waals surface area contributed by atoms with Gasteiger partial charge in [0.2, 0.25) is 0 Å². The lowest BCUT2D eigenvalue weighted by atomic mass is 9.88. The van der Waals surface area contributed by atoms with Gasteiger partial charge in [-0.25, -0.2) is 0 Å². The van der Waals surface area contributed by atoms with Crippen molar-refractivity contribution in [3.05, 3.63) is 0 Å². The van der Waals surface area contributed by atoms with Crippen LogP contribution in [0, 0.1) is 5.92 Å². The molecule has 0 spiro atoms. The van der Waals surface area contributed by atoms with Gasteiger partial charge in [0.15, 0.2) is 0 Å². The van der Waals surface area contributed by atoms with E-state index in [4.69, 9.17) is 4.74 Å². The fourth-order valence-electron chi connectivity index (χ4n) is 3.18. The van der Waals surface area contributed by atoms with Crippen LogP contribution in [-0.4, -0.2) is 48.0 Å². The predicted molar refractivity (Wildman–Crippen MR) is 62.3 cm³/mol. The zero-order chi connectivity index (χ0) is 11.0. The van der Waals surface area contributed by atoms with E-state index in [1.807, 2.05) is 0 Å². The number of hydrogen-bond acceptors (Lipinski definition) is 3. The van der Waals surface area contributed by atoms with Gasteiger partial charge in [-0.05, 0) is 51.0 Å². The molecular weight excluding hydrogens is 202 g/mol. The maximum atomic E-state index is 10.2. The van der Waals surface area contributed by atoms with Crippen molar-refractivity contribution in [1.29, 1.82) is 0 Å². The summed E-state index contributed by atoms with van der Waals surface area (Å²) in [4.78, 5) is 2.40. The van der Waals surface area contributed by atoms with Gasteiger partial charge in [0, 0.05) is 19.7 Å². The van der Waals surface area contributed by atoms with Gasteiger partial charge < -0.3 is 9.84 Å². The average Bonchev–Trinajstić information content (AvgIpc) is 2.95. The molecule has 1 atom stereocenters. The Morgan fingerprint density at radius 3 is 2.69 bits per heavy atom. The van der Waals surface area contributed by atoms with Crippen LogP contribution in [0.1, 0.15) is 38.5 Å². The zero-order valence-electron chi connectivity index (χ0n) is 10.0. The summed E-state index contributed by atoms with van der Waals surface area (Å²) in [5, 5.41) is 10.2. The van der Waals surface area contributed by atoms with E-state index in [1.54, 1.807) is 0 Å². The molecule has 2 aliphatic heterocycles. The van der Waals surface area contributed by atoms with Crippen LogP contribution >= 0.6 is 0 Å². The highest BCUT2D eigenvalue weighted by Crippen LogP contribution is 2.44. The zero-order valence-corrected chi connectivity index (χ0v) is 10.0. The molecule has 3 rings (SSSR count). The van der Waals surface area contributed by atoms with E-state index in [0.717, 1.165) is 26.2 Å². The SMILES string of the molecule is OC1(C2CC2)CN(CCCC2CCCO2)C1. The van der Waals surface area contributed by atoms with E-state index < -0.39 is 0 Å². The summed E-state index contributed by atoms with van der Waals surface area (Å²) < 4.78 is 5.61. The first-order chi connectivity index (χ1) is 7.76. The average molecular weight is 225 g/mol. The van der Waals surface area contributed by atoms with Crippen molar-refractivity contribution in [3.8, 4) is 0 Å². The third-order valence-electron chi connectivity index (χ3n) is 4.36. The normalized spacial score (nSPS) is 33.9. The topological polar surface area (TPSA) is 32.7 Å². The lowest BCUT2D eigenvalue weighted by Gasteiger charge is -2.47. The first kappa shape index (κ1) is 11.0. The van der Waals surface area contributed by atoms with E-state index in [1.165, 1.54) is 38.5 Å². The second-order valence-corrected chi connectivity index (χ2v) is 5.87. The molecule has 0 aromatic heterocycles. The Labute approximate surface area is 97.8 Å². The molecule has 1 saturated carbocycles. The van der Waals surface area contributed by atoms with Crippen LogP contribution in [-0.2, 0) is 4.74 Å². The van der Waals surface area contributed by atoms with E-state index >= 15 is 0 Å². The Kier molecular flexibility index (Phi) is 2.94. The first-order valence-electron chi connectivity index (χ1n) is 6.83. The van der Waals surface area contributed by atoms with Gasteiger partial charge in [-0.3, -0.25) is 4.90 Å². The van der Waals surface area contributed by atoms with Crippen LogP contribution in [0.5, 0.6) is 0 Å². The maximum Gasteiger partial charge on any atom is 0.0928 e. The van der Waals surface area contributed by atoms with Crippen LogP contribution in [0.3, 0.4) is 0 Å². The number of likely N-dealkylation sites (tertiary alicyclic amines) is 1. The Morgan fingerprint density at radius 2 is 2.06 bits per heavy atom. The van der Waals surface area contributed by atoms with Crippen molar-refractivity contribution in [2.24, 2.45) is 5.92 Å².